The third-order valence-electron chi connectivity index (χ3n) is 1.35. The zero-order valence-electron chi connectivity index (χ0n) is 7.22. The van der Waals surface area contributed by atoms with Gasteiger partial charge < -0.3 is 0 Å². The number of urea groups is 2. The van der Waals surface area contributed by atoms with Crippen LogP contribution in [-0.2, 0) is 12.4 Å². The van der Waals surface area contributed by atoms with Gasteiger partial charge in [-0.3, -0.25) is 5.21 Å². The van der Waals surface area contributed by atoms with Gasteiger partial charge in [-0.25, -0.2) is 25.1 Å². The number of carbonyl (C=O) groups is 2. The van der Waals surface area contributed by atoms with Crippen molar-refractivity contribution in [3.05, 3.63) is 0 Å². The number of hydrazine groups is 1. The summed E-state index contributed by atoms with van der Waals surface area (Å²) in [6.45, 7) is 1.86. The summed E-state index contributed by atoms with van der Waals surface area (Å²) in [6, 6.07) is -1.57. The lowest BCUT2D eigenvalue weighted by Gasteiger charge is -2.27. The van der Waals surface area contributed by atoms with Crippen LogP contribution in [0.15, 0.2) is 4.36 Å². The van der Waals surface area contributed by atoms with Crippen molar-refractivity contribution in [2.75, 3.05) is 13.6 Å². The number of hydrogen-bond donors (Lipinski definition) is 2. The molecule has 0 aliphatic carbocycles. The minimum absolute atomic E-state index is 0.225. The first-order valence-corrected chi connectivity index (χ1v) is 3.77. The summed E-state index contributed by atoms with van der Waals surface area (Å²) >= 11 is 4.17. The topological polar surface area (TPSA) is 85.2 Å². The summed E-state index contributed by atoms with van der Waals surface area (Å²) in [4.78, 5) is 21.8. The SMILES string of the molecule is CCN(C(=O)N=S)N(C)C(=O)NO. The van der Waals surface area contributed by atoms with Crippen molar-refractivity contribution < 1.29 is 14.8 Å². The Hall–Kier alpha value is -1.28. The average molecular weight is 206 g/mol. The van der Waals surface area contributed by atoms with Crippen LogP contribution in [0.25, 0.3) is 0 Å². The molecule has 0 aliphatic heterocycles. The Morgan fingerprint density at radius 1 is 1.62 bits per heavy atom. The quantitative estimate of drug-likeness (QED) is 0.471. The second kappa shape index (κ2) is 5.38. The molecule has 0 radical (unpaired) electrons. The standard InChI is InChI=1S/C5H10N4O3S/c1-3-9(5(11)7-13)8(2)4(10)6-12/h12H,3H2,1-2H3,(H,6,10). The van der Waals surface area contributed by atoms with Crippen LogP contribution in [-0.4, -0.2) is 40.9 Å². The Morgan fingerprint density at radius 2 is 2.15 bits per heavy atom. The molecule has 8 heteroatoms. The second-order valence-electron chi connectivity index (χ2n) is 2.03. The van der Waals surface area contributed by atoms with Crippen LogP contribution in [0.2, 0.25) is 0 Å². The van der Waals surface area contributed by atoms with Crippen LogP contribution >= 0.6 is 0 Å². The number of hydroxylamine groups is 1. The van der Waals surface area contributed by atoms with Gasteiger partial charge in [0.1, 0.15) is 0 Å². The van der Waals surface area contributed by atoms with Gasteiger partial charge in [0, 0.05) is 26.0 Å². The molecule has 0 bridgehead atoms. The number of nitrogens with zero attached hydrogens (tertiary/aromatic N) is 3. The molecule has 0 aromatic heterocycles. The van der Waals surface area contributed by atoms with Crippen molar-refractivity contribution in [2.24, 2.45) is 4.36 Å². The number of nitrogens with one attached hydrogen (secondary N) is 1. The predicted octanol–water partition coefficient (Wildman–Crippen LogP) is 0.104. The molecule has 4 amide bonds. The highest BCUT2D eigenvalue weighted by Crippen LogP contribution is 1.98. The lowest BCUT2D eigenvalue weighted by atomic mass is 10.7. The summed E-state index contributed by atoms with van der Waals surface area (Å²) in [6.07, 6.45) is 0. The maximum atomic E-state index is 11.0. The average Bonchev–Trinajstić information content (AvgIpc) is 2.17. The minimum atomic E-state index is -0.839. The van der Waals surface area contributed by atoms with E-state index in [-0.39, 0.29) is 6.54 Å². The van der Waals surface area contributed by atoms with Crippen LogP contribution in [0.4, 0.5) is 9.59 Å². The predicted molar refractivity (Wildman–Crippen MR) is 45.7 cm³/mol. The Labute approximate surface area is 80.4 Å². The van der Waals surface area contributed by atoms with E-state index in [0.29, 0.717) is 0 Å². The molecular formula is C5H10N4O3S. The van der Waals surface area contributed by atoms with Gasteiger partial charge in [0.25, 0.3) is 0 Å². The van der Waals surface area contributed by atoms with Crippen molar-refractivity contribution in [3.63, 3.8) is 0 Å². The minimum Gasteiger partial charge on any atom is -0.287 e. The summed E-state index contributed by atoms with van der Waals surface area (Å²) in [5, 5.41) is 10.1. The van der Waals surface area contributed by atoms with Crippen LogP contribution in [0.3, 0.4) is 0 Å². The molecule has 74 valence electrons. The number of rotatable bonds is 1. The maximum Gasteiger partial charge on any atom is 0.373 e. The van der Waals surface area contributed by atoms with E-state index >= 15 is 0 Å². The zero-order valence-corrected chi connectivity index (χ0v) is 8.04. The molecule has 0 saturated heterocycles. The molecule has 0 spiro atoms. The molecule has 0 unspecified atom stereocenters. The molecule has 0 rings (SSSR count). The fraction of sp³-hybridized carbons (Fsp3) is 0.600. The fourth-order valence-corrected chi connectivity index (χ4v) is 0.799. The van der Waals surface area contributed by atoms with E-state index in [1.807, 2.05) is 0 Å². The molecule has 0 atom stereocenters. The van der Waals surface area contributed by atoms with Crippen molar-refractivity contribution >= 4 is 24.5 Å². The van der Waals surface area contributed by atoms with Crippen molar-refractivity contribution in [3.8, 4) is 0 Å². The number of amides is 4. The van der Waals surface area contributed by atoms with Gasteiger partial charge in [0.2, 0.25) is 0 Å². The molecular weight excluding hydrogens is 196 g/mol. The van der Waals surface area contributed by atoms with E-state index in [1.165, 1.54) is 12.5 Å². The van der Waals surface area contributed by atoms with Crippen molar-refractivity contribution in [1.29, 1.82) is 0 Å². The molecule has 13 heavy (non-hydrogen) atoms. The smallest absolute Gasteiger partial charge is 0.287 e. The first-order valence-electron chi connectivity index (χ1n) is 3.41. The zero-order chi connectivity index (χ0) is 10.4. The van der Waals surface area contributed by atoms with Gasteiger partial charge in [-0.2, -0.15) is 0 Å². The van der Waals surface area contributed by atoms with E-state index < -0.39 is 12.1 Å². The third-order valence-corrected chi connectivity index (χ3v) is 1.51. The monoisotopic (exact) mass is 206 g/mol. The molecule has 0 saturated carbocycles. The van der Waals surface area contributed by atoms with Gasteiger partial charge in [0.15, 0.2) is 0 Å². The number of hydrogen-bond acceptors (Lipinski definition) is 4. The molecule has 7 nitrogen and oxygen atoms in total. The number of carbonyl (C=O) groups excluding carboxylic acids is 2. The van der Waals surface area contributed by atoms with Crippen LogP contribution in [0.1, 0.15) is 6.92 Å². The Bertz CT molecular complexity index is 222. The van der Waals surface area contributed by atoms with E-state index in [0.717, 1.165) is 10.0 Å². The normalized spacial score (nSPS) is 8.85. The van der Waals surface area contributed by atoms with Crippen LogP contribution in [0.5, 0.6) is 0 Å². The Morgan fingerprint density at radius 3 is 2.46 bits per heavy atom. The Kier molecular flexibility index (Phi) is 4.85. The Balaban J connectivity index is 4.48. The molecule has 2 N–H and O–H groups in total. The molecule has 0 fully saturated rings. The van der Waals surface area contributed by atoms with Crippen LogP contribution in [0, 0.1) is 0 Å². The highest BCUT2D eigenvalue weighted by molar-refractivity contribution is 7.47. The van der Waals surface area contributed by atoms with E-state index in [1.54, 1.807) is 6.92 Å². The molecule has 0 aromatic carbocycles. The maximum absolute atomic E-state index is 11.0. The first-order chi connectivity index (χ1) is 6.08. The highest BCUT2D eigenvalue weighted by Gasteiger charge is 2.19. The van der Waals surface area contributed by atoms with E-state index in [9.17, 15) is 9.59 Å². The summed E-state index contributed by atoms with van der Waals surface area (Å²) in [5.41, 5.74) is 1.38. The van der Waals surface area contributed by atoms with Gasteiger partial charge in [-0.1, -0.05) is 0 Å². The van der Waals surface area contributed by atoms with Gasteiger partial charge in [-0.15, -0.1) is 4.36 Å². The van der Waals surface area contributed by atoms with E-state index in [4.69, 9.17) is 5.21 Å². The lowest BCUT2D eigenvalue weighted by Crippen LogP contribution is -2.49. The third kappa shape index (κ3) is 2.92. The molecule has 0 heterocycles. The van der Waals surface area contributed by atoms with Crippen molar-refractivity contribution in [1.82, 2.24) is 15.5 Å². The fourth-order valence-electron chi connectivity index (χ4n) is 0.705. The van der Waals surface area contributed by atoms with Gasteiger partial charge in [0.05, 0.1) is 0 Å². The summed E-state index contributed by atoms with van der Waals surface area (Å²) in [7, 11) is 1.30. The highest BCUT2D eigenvalue weighted by atomic mass is 32.1. The second-order valence-corrected chi connectivity index (χ2v) is 2.21. The largest absolute Gasteiger partial charge is 0.373 e. The van der Waals surface area contributed by atoms with E-state index in [2.05, 4.69) is 16.8 Å². The molecule has 0 aromatic rings. The van der Waals surface area contributed by atoms with Crippen molar-refractivity contribution in [2.45, 2.75) is 6.92 Å². The summed E-state index contributed by atoms with van der Waals surface area (Å²) < 4.78 is 2.96. The first kappa shape index (κ1) is 11.7. The van der Waals surface area contributed by atoms with Gasteiger partial charge >= 0.3 is 12.1 Å². The molecule has 0 aliphatic rings. The van der Waals surface area contributed by atoms with Crippen LogP contribution < -0.4 is 5.48 Å². The summed E-state index contributed by atoms with van der Waals surface area (Å²) in [5.74, 6) is 0. The lowest BCUT2D eigenvalue weighted by molar-refractivity contribution is 0.0517. The van der Waals surface area contributed by atoms with Gasteiger partial charge in [-0.05, 0) is 6.92 Å².